The second kappa shape index (κ2) is 7.54. The monoisotopic (exact) mass is 306 g/mol. The lowest BCUT2D eigenvalue weighted by Gasteiger charge is -2.24. The molecule has 1 aliphatic rings. The Morgan fingerprint density at radius 2 is 2.14 bits per heavy atom. The van der Waals surface area contributed by atoms with Crippen LogP contribution in [0.4, 0.5) is 0 Å². The third-order valence-electron chi connectivity index (χ3n) is 4.30. The first-order chi connectivity index (χ1) is 10.5. The molecule has 122 valence electrons. The molecule has 1 N–H and O–H groups in total. The lowest BCUT2D eigenvalue weighted by atomic mass is 10.1. The fraction of sp³-hybridized carbons (Fsp3) is 0.688. The zero-order valence-electron chi connectivity index (χ0n) is 13.8. The first-order valence-corrected chi connectivity index (χ1v) is 8.02. The Balaban J connectivity index is 1.90. The molecule has 0 bridgehead atoms. The van der Waals surface area contributed by atoms with Crippen molar-refractivity contribution in [3.8, 4) is 0 Å². The maximum absolute atomic E-state index is 12.3. The number of hydrogen-bond donors (Lipinski definition) is 1. The van der Waals surface area contributed by atoms with Gasteiger partial charge in [-0.2, -0.15) is 4.98 Å². The summed E-state index contributed by atoms with van der Waals surface area (Å²) in [7, 11) is 2.01. The molecule has 0 aromatic carbocycles. The fourth-order valence-electron chi connectivity index (χ4n) is 3.04. The van der Waals surface area contributed by atoms with E-state index in [4.69, 9.17) is 0 Å². The van der Waals surface area contributed by atoms with Gasteiger partial charge in [0.05, 0.1) is 6.04 Å². The van der Waals surface area contributed by atoms with Gasteiger partial charge in [0, 0.05) is 24.5 Å². The van der Waals surface area contributed by atoms with E-state index in [1.54, 1.807) is 4.57 Å². The lowest BCUT2D eigenvalue weighted by molar-refractivity contribution is -0.126. The van der Waals surface area contributed by atoms with E-state index in [-0.39, 0.29) is 17.6 Å². The van der Waals surface area contributed by atoms with Crippen LogP contribution in [0, 0.1) is 13.8 Å². The number of amides is 1. The van der Waals surface area contributed by atoms with Crippen molar-refractivity contribution in [2.45, 2.75) is 52.1 Å². The summed E-state index contributed by atoms with van der Waals surface area (Å²) in [5, 5.41) is 2.96. The summed E-state index contributed by atoms with van der Waals surface area (Å²) in [6.45, 7) is 5.58. The third-order valence-corrected chi connectivity index (χ3v) is 4.30. The van der Waals surface area contributed by atoms with Crippen LogP contribution in [0.25, 0.3) is 0 Å². The molecule has 1 aromatic heterocycles. The van der Waals surface area contributed by atoms with Gasteiger partial charge in [0.15, 0.2) is 0 Å². The molecule has 0 saturated carbocycles. The van der Waals surface area contributed by atoms with Gasteiger partial charge in [-0.3, -0.25) is 14.3 Å². The Bertz CT molecular complexity index is 582. The normalized spacial score (nSPS) is 19.7. The molecular formula is C16H26N4O2. The molecule has 6 heteroatoms. The van der Waals surface area contributed by atoms with E-state index in [9.17, 15) is 9.59 Å². The largest absolute Gasteiger partial charge is 0.353 e. The molecule has 6 nitrogen and oxygen atoms in total. The Kier molecular flexibility index (Phi) is 5.71. The van der Waals surface area contributed by atoms with Gasteiger partial charge >= 0.3 is 5.69 Å². The summed E-state index contributed by atoms with van der Waals surface area (Å²) in [6, 6.07) is 1.83. The van der Waals surface area contributed by atoms with Gasteiger partial charge in [0.1, 0.15) is 0 Å². The molecule has 2 heterocycles. The summed E-state index contributed by atoms with van der Waals surface area (Å²) in [5.41, 5.74) is 1.35. The van der Waals surface area contributed by atoms with E-state index in [0.717, 1.165) is 37.2 Å². The number of nitrogens with one attached hydrogen (secondary N) is 1. The Hall–Kier alpha value is -1.69. The highest BCUT2D eigenvalue weighted by Gasteiger charge is 2.24. The van der Waals surface area contributed by atoms with Crippen molar-refractivity contribution in [2.24, 2.45) is 0 Å². The number of aryl methyl sites for hydroxylation is 2. The minimum atomic E-state index is -0.252. The Morgan fingerprint density at radius 1 is 1.36 bits per heavy atom. The quantitative estimate of drug-likeness (QED) is 0.895. The zero-order chi connectivity index (χ0) is 16.1. The fourth-order valence-corrected chi connectivity index (χ4v) is 3.04. The van der Waals surface area contributed by atoms with E-state index in [1.165, 1.54) is 6.42 Å². The van der Waals surface area contributed by atoms with Crippen LogP contribution in [0.15, 0.2) is 10.9 Å². The van der Waals surface area contributed by atoms with Gasteiger partial charge in [-0.1, -0.05) is 12.8 Å². The third kappa shape index (κ3) is 4.16. The van der Waals surface area contributed by atoms with E-state index in [2.05, 4.69) is 15.2 Å². The number of rotatable bonds is 4. The van der Waals surface area contributed by atoms with Gasteiger partial charge in [-0.25, -0.2) is 4.79 Å². The van der Waals surface area contributed by atoms with Crippen LogP contribution in [0.5, 0.6) is 0 Å². The first kappa shape index (κ1) is 16.7. The molecule has 0 radical (unpaired) electrons. The maximum Gasteiger partial charge on any atom is 0.348 e. The standard InChI is InChI=1S/C16H26N4O2/c1-12-11-13(2)20(16(22)18-12)10-8-17-15(21)14-7-5-4-6-9-19(14)3/h11,14H,4-10H2,1-3H3,(H,17,21). The van der Waals surface area contributed by atoms with Crippen molar-refractivity contribution >= 4 is 5.91 Å². The van der Waals surface area contributed by atoms with Crippen LogP contribution in [0.2, 0.25) is 0 Å². The smallest absolute Gasteiger partial charge is 0.348 e. The van der Waals surface area contributed by atoms with E-state index >= 15 is 0 Å². The molecule has 0 aliphatic carbocycles. The van der Waals surface area contributed by atoms with Crippen LogP contribution >= 0.6 is 0 Å². The summed E-state index contributed by atoms with van der Waals surface area (Å²) in [4.78, 5) is 30.3. The second-order valence-electron chi connectivity index (χ2n) is 6.11. The summed E-state index contributed by atoms with van der Waals surface area (Å²) in [6.07, 6.45) is 4.36. The van der Waals surface area contributed by atoms with Gasteiger partial charge < -0.3 is 5.32 Å². The van der Waals surface area contributed by atoms with Gasteiger partial charge in [0.2, 0.25) is 5.91 Å². The highest BCUT2D eigenvalue weighted by Crippen LogP contribution is 2.15. The van der Waals surface area contributed by atoms with Crippen LogP contribution in [-0.2, 0) is 11.3 Å². The molecule has 0 spiro atoms. The predicted molar refractivity (Wildman–Crippen MR) is 85.9 cm³/mol. The topological polar surface area (TPSA) is 67.2 Å². The van der Waals surface area contributed by atoms with Crippen LogP contribution in [0.3, 0.4) is 0 Å². The summed E-state index contributed by atoms with van der Waals surface area (Å²) < 4.78 is 1.60. The number of likely N-dealkylation sites (tertiary alicyclic amines) is 1. The van der Waals surface area contributed by atoms with Crippen molar-refractivity contribution in [1.82, 2.24) is 19.8 Å². The minimum absolute atomic E-state index is 0.0449. The molecule has 1 aliphatic heterocycles. The van der Waals surface area contributed by atoms with E-state index in [1.807, 2.05) is 27.0 Å². The molecule has 1 saturated heterocycles. The van der Waals surface area contributed by atoms with Crippen molar-refractivity contribution in [1.29, 1.82) is 0 Å². The van der Waals surface area contributed by atoms with Crippen LogP contribution < -0.4 is 11.0 Å². The van der Waals surface area contributed by atoms with Crippen molar-refractivity contribution < 1.29 is 4.79 Å². The molecule has 1 fully saturated rings. The highest BCUT2D eigenvalue weighted by atomic mass is 16.2. The number of nitrogens with zero attached hydrogens (tertiary/aromatic N) is 3. The van der Waals surface area contributed by atoms with Crippen molar-refractivity contribution in [3.05, 3.63) is 27.9 Å². The van der Waals surface area contributed by atoms with Crippen LogP contribution in [0.1, 0.15) is 37.1 Å². The van der Waals surface area contributed by atoms with Gasteiger partial charge in [-0.15, -0.1) is 0 Å². The Morgan fingerprint density at radius 3 is 2.86 bits per heavy atom. The molecule has 22 heavy (non-hydrogen) atoms. The van der Waals surface area contributed by atoms with E-state index < -0.39 is 0 Å². The van der Waals surface area contributed by atoms with E-state index in [0.29, 0.717) is 13.1 Å². The molecule has 1 amide bonds. The first-order valence-electron chi connectivity index (χ1n) is 8.02. The summed E-state index contributed by atoms with van der Waals surface area (Å²) in [5.74, 6) is 0.0650. The van der Waals surface area contributed by atoms with Gasteiger partial charge in [0.25, 0.3) is 0 Å². The van der Waals surface area contributed by atoms with Crippen molar-refractivity contribution in [3.63, 3.8) is 0 Å². The number of aromatic nitrogens is 2. The minimum Gasteiger partial charge on any atom is -0.353 e. The maximum atomic E-state index is 12.3. The molecule has 2 rings (SSSR count). The van der Waals surface area contributed by atoms with Crippen LogP contribution in [-0.4, -0.2) is 46.5 Å². The highest BCUT2D eigenvalue weighted by molar-refractivity contribution is 5.81. The average Bonchev–Trinajstić information content (AvgIpc) is 2.66. The number of likely N-dealkylation sites (N-methyl/N-ethyl adjacent to an activating group) is 1. The van der Waals surface area contributed by atoms with Gasteiger partial charge in [-0.05, 0) is 46.3 Å². The van der Waals surface area contributed by atoms with Crippen molar-refractivity contribution in [2.75, 3.05) is 20.1 Å². The SMILES string of the molecule is Cc1cc(C)n(CCNC(=O)C2CCCCCN2C)c(=O)n1. The Labute approximate surface area is 131 Å². The predicted octanol–water partition coefficient (Wildman–Crippen LogP) is 0.851. The number of carbonyl (C=O) groups excluding carboxylic acids is 1. The molecular weight excluding hydrogens is 280 g/mol. The average molecular weight is 306 g/mol. The zero-order valence-corrected chi connectivity index (χ0v) is 13.8. The second-order valence-corrected chi connectivity index (χ2v) is 6.11. The molecule has 1 unspecified atom stereocenters. The number of carbonyl (C=O) groups is 1. The molecule has 1 atom stereocenters. The summed E-state index contributed by atoms with van der Waals surface area (Å²) >= 11 is 0. The lowest BCUT2D eigenvalue weighted by Crippen LogP contribution is -2.46. The molecule has 1 aromatic rings. The number of hydrogen-bond acceptors (Lipinski definition) is 4.